The number of carbonyl (C=O) groups is 3. The van der Waals surface area contributed by atoms with Gasteiger partial charge in [0.15, 0.2) is 0 Å². The van der Waals surface area contributed by atoms with Crippen molar-refractivity contribution < 1.29 is 24.2 Å². The van der Waals surface area contributed by atoms with E-state index in [1.165, 1.54) is 0 Å². The van der Waals surface area contributed by atoms with Crippen molar-refractivity contribution in [2.75, 3.05) is 19.8 Å². The quantitative estimate of drug-likeness (QED) is 0.225. The molecular weight excluding hydrogens is 512 g/mol. The maximum atomic E-state index is 14.6. The number of unbranched alkanes of at least 4 members (excludes halogenated alkanes) is 1. The first-order valence-corrected chi connectivity index (χ1v) is 14.9. The molecule has 3 fully saturated rings. The van der Waals surface area contributed by atoms with Crippen molar-refractivity contribution in [2.45, 2.75) is 68.7 Å². The first-order chi connectivity index (χ1) is 18.7. The highest BCUT2D eigenvalue weighted by Gasteiger charge is 2.77. The van der Waals surface area contributed by atoms with Crippen molar-refractivity contribution in [2.24, 2.45) is 23.7 Å². The minimum absolute atomic E-state index is 0.0408. The molecular formula is C31H42N2O5S. The third-order valence-corrected chi connectivity index (χ3v) is 10.8. The van der Waals surface area contributed by atoms with Gasteiger partial charge in [0.1, 0.15) is 6.04 Å². The van der Waals surface area contributed by atoms with E-state index in [4.69, 9.17) is 4.74 Å². The third kappa shape index (κ3) is 5.18. The predicted octanol–water partition coefficient (Wildman–Crippen LogP) is 4.06. The molecule has 1 N–H and O–H groups in total. The van der Waals surface area contributed by atoms with Gasteiger partial charge in [-0.05, 0) is 36.7 Å². The number of aliphatic hydroxyl groups excluding tert-OH is 1. The van der Waals surface area contributed by atoms with Crippen molar-refractivity contribution in [1.82, 2.24) is 9.80 Å². The van der Waals surface area contributed by atoms with Gasteiger partial charge in [-0.3, -0.25) is 14.4 Å². The number of hydrogen-bond donors (Lipinski definition) is 1. The van der Waals surface area contributed by atoms with E-state index in [0.717, 1.165) is 18.4 Å². The Bertz CT molecular complexity index is 1080. The van der Waals surface area contributed by atoms with E-state index in [1.807, 2.05) is 44.2 Å². The summed E-state index contributed by atoms with van der Waals surface area (Å²) in [4.78, 5) is 45.8. The smallest absolute Gasteiger partial charge is 0.310 e. The van der Waals surface area contributed by atoms with Crippen molar-refractivity contribution >= 4 is 29.5 Å². The number of aliphatic hydroxyl groups is 1. The molecule has 3 aliphatic heterocycles. The molecule has 0 radical (unpaired) electrons. The summed E-state index contributed by atoms with van der Waals surface area (Å²) in [6.45, 7) is 14.3. The number of ether oxygens (including phenoxy) is 1. The molecule has 2 amide bonds. The van der Waals surface area contributed by atoms with E-state index in [0.29, 0.717) is 19.5 Å². The summed E-state index contributed by atoms with van der Waals surface area (Å²) in [5.41, 5.74) is 0.984. The Morgan fingerprint density at radius 3 is 2.59 bits per heavy atom. The first kappa shape index (κ1) is 29.4. The van der Waals surface area contributed by atoms with Gasteiger partial charge in [0.2, 0.25) is 11.8 Å². The minimum Gasteiger partial charge on any atom is -0.465 e. The van der Waals surface area contributed by atoms with Crippen LogP contribution in [-0.2, 0) is 25.7 Å². The molecule has 2 bridgehead atoms. The molecule has 0 aliphatic carbocycles. The Kier molecular flexibility index (Phi) is 9.27. The maximum absolute atomic E-state index is 14.6. The highest BCUT2D eigenvalue weighted by molar-refractivity contribution is 8.02. The predicted molar refractivity (Wildman–Crippen MR) is 154 cm³/mol. The van der Waals surface area contributed by atoms with Gasteiger partial charge in [0, 0.05) is 18.3 Å². The molecule has 212 valence electrons. The summed E-state index contributed by atoms with van der Waals surface area (Å²) in [6.07, 6.45) is 5.66. The minimum atomic E-state index is -0.790. The van der Waals surface area contributed by atoms with Gasteiger partial charge in [-0.15, -0.1) is 24.9 Å². The summed E-state index contributed by atoms with van der Waals surface area (Å²) in [5.74, 6) is -2.02. The fourth-order valence-electron chi connectivity index (χ4n) is 6.85. The van der Waals surface area contributed by atoms with Crippen LogP contribution in [-0.4, -0.2) is 74.5 Å². The van der Waals surface area contributed by atoms with Gasteiger partial charge in [-0.25, -0.2) is 0 Å². The molecule has 1 aromatic carbocycles. The molecule has 3 heterocycles. The summed E-state index contributed by atoms with van der Waals surface area (Å²) >= 11 is 1.63. The van der Waals surface area contributed by atoms with Crippen LogP contribution in [0.3, 0.4) is 0 Å². The normalized spacial score (nSPS) is 29.8. The number of nitrogens with zero attached hydrogens (tertiary/aromatic N) is 2. The monoisotopic (exact) mass is 554 g/mol. The molecule has 4 rings (SSSR count). The molecule has 1 spiro atoms. The van der Waals surface area contributed by atoms with Crippen molar-refractivity contribution in [1.29, 1.82) is 0 Å². The number of fused-ring (bicyclic) bond motifs is 1. The van der Waals surface area contributed by atoms with Crippen molar-refractivity contribution in [3.8, 4) is 0 Å². The zero-order valence-electron chi connectivity index (χ0n) is 23.3. The van der Waals surface area contributed by atoms with Crippen LogP contribution in [0.2, 0.25) is 0 Å². The molecule has 7 atom stereocenters. The number of allylic oxidation sites excluding steroid dienone is 1. The SMILES string of the molecule is C=CCCCOC(=O)[C@@H]1[C@H]2C(=O)N([C@@H](CO)C(C)C)C(C(=O)N(CC=C)Cc3ccccc3)C23S[C@@H]1CC3C. The van der Waals surface area contributed by atoms with Crippen LogP contribution in [0, 0.1) is 23.7 Å². The fourth-order valence-corrected chi connectivity index (χ4v) is 9.24. The lowest BCUT2D eigenvalue weighted by atomic mass is 9.66. The van der Waals surface area contributed by atoms with Crippen LogP contribution in [0.15, 0.2) is 55.6 Å². The number of carbonyl (C=O) groups excluding carboxylic acids is 3. The Morgan fingerprint density at radius 1 is 1.26 bits per heavy atom. The van der Waals surface area contributed by atoms with E-state index in [1.54, 1.807) is 33.7 Å². The molecule has 7 nitrogen and oxygen atoms in total. The van der Waals surface area contributed by atoms with Gasteiger partial charge < -0.3 is 19.6 Å². The van der Waals surface area contributed by atoms with Crippen LogP contribution in [0.25, 0.3) is 0 Å². The number of likely N-dealkylation sites (tertiary alicyclic amines) is 1. The largest absolute Gasteiger partial charge is 0.465 e. The lowest BCUT2D eigenvalue weighted by Crippen LogP contribution is -2.59. The highest BCUT2D eigenvalue weighted by atomic mass is 32.2. The average molecular weight is 555 g/mol. The average Bonchev–Trinajstić information content (AvgIpc) is 3.51. The van der Waals surface area contributed by atoms with Crippen molar-refractivity contribution in [3.63, 3.8) is 0 Å². The maximum Gasteiger partial charge on any atom is 0.310 e. The first-order valence-electron chi connectivity index (χ1n) is 14.0. The number of thioether (sulfide) groups is 1. The lowest BCUT2D eigenvalue weighted by Gasteiger charge is -2.42. The molecule has 3 aliphatic rings. The molecule has 3 unspecified atom stereocenters. The van der Waals surface area contributed by atoms with Gasteiger partial charge in [-0.1, -0.05) is 63.3 Å². The van der Waals surface area contributed by atoms with Crippen LogP contribution in [0.1, 0.15) is 45.6 Å². The number of amides is 2. The van der Waals surface area contributed by atoms with Gasteiger partial charge in [-0.2, -0.15) is 0 Å². The number of rotatable bonds is 13. The summed E-state index contributed by atoms with van der Waals surface area (Å²) < 4.78 is 4.91. The molecule has 8 heteroatoms. The zero-order chi connectivity index (χ0) is 28.3. The Morgan fingerprint density at radius 2 is 1.97 bits per heavy atom. The Hall–Kier alpha value is -2.58. The zero-order valence-corrected chi connectivity index (χ0v) is 24.1. The van der Waals surface area contributed by atoms with E-state index in [2.05, 4.69) is 20.1 Å². The number of hydrogen-bond acceptors (Lipinski definition) is 6. The topological polar surface area (TPSA) is 87.1 Å². The van der Waals surface area contributed by atoms with Crippen LogP contribution in [0.4, 0.5) is 0 Å². The second-order valence-corrected chi connectivity index (χ2v) is 12.9. The summed E-state index contributed by atoms with van der Waals surface area (Å²) in [6, 6.07) is 8.44. The second-order valence-electron chi connectivity index (χ2n) is 11.4. The van der Waals surface area contributed by atoms with E-state index in [-0.39, 0.29) is 48.1 Å². The van der Waals surface area contributed by atoms with Gasteiger partial charge in [0.05, 0.1) is 35.8 Å². The van der Waals surface area contributed by atoms with Crippen LogP contribution in [0.5, 0.6) is 0 Å². The van der Waals surface area contributed by atoms with Gasteiger partial charge >= 0.3 is 5.97 Å². The van der Waals surface area contributed by atoms with E-state index in [9.17, 15) is 19.5 Å². The second kappa shape index (κ2) is 12.3. The summed E-state index contributed by atoms with van der Waals surface area (Å²) in [7, 11) is 0. The molecule has 0 saturated carbocycles. The van der Waals surface area contributed by atoms with Crippen LogP contribution < -0.4 is 0 Å². The van der Waals surface area contributed by atoms with Crippen molar-refractivity contribution in [3.05, 3.63) is 61.2 Å². The van der Waals surface area contributed by atoms with E-state index >= 15 is 0 Å². The van der Waals surface area contributed by atoms with Gasteiger partial charge in [0.25, 0.3) is 0 Å². The lowest BCUT2D eigenvalue weighted by molar-refractivity contribution is -0.155. The molecule has 39 heavy (non-hydrogen) atoms. The highest BCUT2D eigenvalue weighted by Crippen LogP contribution is 2.69. The Balaban J connectivity index is 1.75. The van der Waals surface area contributed by atoms with E-state index < -0.39 is 28.7 Å². The molecule has 3 saturated heterocycles. The number of benzene rings is 1. The third-order valence-electron chi connectivity index (χ3n) is 8.68. The fraction of sp³-hybridized carbons (Fsp3) is 0.581. The molecule has 0 aromatic heterocycles. The summed E-state index contributed by atoms with van der Waals surface area (Å²) in [5, 5.41) is 10.4. The standard InChI is InChI=1S/C31H42N2O5S/c1-6-8-12-16-38-30(37)25-24-17-21(5)31(39-24)26(25)28(35)33(23(19-34)20(3)4)27(31)29(36)32(15-7-2)18-22-13-10-9-11-14-22/h6-7,9-11,13-14,20-21,23-27,34H,1-2,8,12,15-19H2,3-5H3/t21?,23-,24+,25-,26-,27?,31?/m0/s1. The Labute approximate surface area is 236 Å². The molecule has 1 aromatic rings. The number of esters is 1. The van der Waals surface area contributed by atoms with Crippen LogP contribution >= 0.6 is 11.8 Å².